The van der Waals surface area contributed by atoms with Crippen LogP contribution < -0.4 is 0 Å². The fraction of sp³-hybridized carbons (Fsp3) is 0.250. The van der Waals surface area contributed by atoms with Crippen molar-refractivity contribution in [3.8, 4) is 5.69 Å². The molecule has 3 rings (SSSR count). The number of para-hydroxylation sites is 1. The Labute approximate surface area is 135 Å². The van der Waals surface area contributed by atoms with Crippen LogP contribution in [-0.4, -0.2) is 38.2 Å². The van der Waals surface area contributed by atoms with Crippen molar-refractivity contribution < 1.29 is 23.1 Å². The number of halogens is 3. The maximum Gasteiger partial charge on any atom is 0.438 e. The summed E-state index contributed by atoms with van der Waals surface area (Å²) in [5, 5.41) is 13.8. The molecule has 2 aromatic rings. The zero-order valence-electron chi connectivity index (χ0n) is 12.7. The Kier molecular flexibility index (Phi) is 3.71. The van der Waals surface area contributed by atoms with Crippen molar-refractivity contribution in [3.63, 3.8) is 0 Å². The number of carbonyl (C=O) groups excluding carboxylic acids is 1. The van der Waals surface area contributed by atoms with Gasteiger partial charge in [0.05, 0.1) is 11.3 Å². The number of alkyl halides is 3. The minimum atomic E-state index is -5.02. The molecule has 0 unspecified atom stereocenters. The summed E-state index contributed by atoms with van der Waals surface area (Å²) in [6.45, 7) is 1.34. The van der Waals surface area contributed by atoms with Crippen LogP contribution >= 0.6 is 0 Å². The Morgan fingerprint density at radius 1 is 1.21 bits per heavy atom. The van der Waals surface area contributed by atoms with Gasteiger partial charge in [-0.2, -0.15) is 23.3 Å². The highest BCUT2D eigenvalue weighted by Gasteiger charge is 2.62. The van der Waals surface area contributed by atoms with Crippen LogP contribution in [0.3, 0.4) is 0 Å². The standard InChI is InChI=1S/C16H14F3N3O2/c1-11-10-15(24,16(17,18)19)22(20-11)14(23)12-6-2-3-7-13(12)21-8-4-5-9-21/h2-9,24H,10H2,1H3/t15-/m1/s1. The van der Waals surface area contributed by atoms with Crippen molar-refractivity contribution in [2.75, 3.05) is 0 Å². The third-order valence-corrected chi connectivity index (χ3v) is 3.79. The van der Waals surface area contributed by atoms with E-state index in [9.17, 15) is 23.1 Å². The van der Waals surface area contributed by atoms with E-state index in [1.165, 1.54) is 13.0 Å². The summed E-state index contributed by atoms with van der Waals surface area (Å²) in [5.41, 5.74) is -2.90. The zero-order chi connectivity index (χ0) is 17.5. The van der Waals surface area contributed by atoms with Crippen molar-refractivity contribution in [3.05, 3.63) is 54.4 Å². The molecule has 126 valence electrons. The second-order valence-corrected chi connectivity index (χ2v) is 5.55. The first-order valence-corrected chi connectivity index (χ1v) is 7.14. The van der Waals surface area contributed by atoms with Gasteiger partial charge in [-0.1, -0.05) is 12.1 Å². The van der Waals surface area contributed by atoms with Crippen molar-refractivity contribution in [1.29, 1.82) is 0 Å². The number of carbonyl (C=O) groups is 1. The van der Waals surface area contributed by atoms with Gasteiger partial charge in [-0.05, 0) is 31.2 Å². The molecule has 24 heavy (non-hydrogen) atoms. The molecule has 0 saturated carbocycles. The molecule has 1 aliphatic heterocycles. The number of benzene rings is 1. The summed E-state index contributed by atoms with van der Waals surface area (Å²) in [5.74, 6) is -1.02. The van der Waals surface area contributed by atoms with Crippen molar-refractivity contribution in [2.24, 2.45) is 5.10 Å². The van der Waals surface area contributed by atoms with Gasteiger partial charge in [0.2, 0.25) is 0 Å². The minimum absolute atomic E-state index is 0.00910. The fourth-order valence-electron chi connectivity index (χ4n) is 2.64. The summed E-state index contributed by atoms with van der Waals surface area (Å²) in [6.07, 6.45) is -2.46. The molecule has 0 bridgehead atoms. The maximum atomic E-state index is 13.3. The van der Waals surface area contributed by atoms with Crippen molar-refractivity contribution in [2.45, 2.75) is 25.2 Å². The maximum absolute atomic E-state index is 13.3. The molecule has 1 aromatic heterocycles. The van der Waals surface area contributed by atoms with E-state index in [1.807, 2.05) is 0 Å². The zero-order valence-corrected chi connectivity index (χ0v) is 12.7. The van der Waals surface area contributed by atoms with E-state index in [0.717, 1.165) is 0 Å². The highest BCUT2D eigenvalue weighted by atomic mass is 19.4. The Morgan fingerprint density at radius 2 is 1.83 bits per heavy atom. The molecule has 0 spiro atoms. The number of nitrogens with zero attached hydrogens (tertiary/aromatic N) is 3. The number of aliphatic hydroxyl groups is 1. The molecule has 1 aliphatic rings. The van der Waals surface area contributed by atoms with Crippen LogP contribution in [0.15, 0.2) is 53.9 Å². The Bertz CT molecular complexity index is 799. The van der Waals surface area contributed by atoms with Gasteiger partial charge in [-0.25, -0.2) is 0 Å². The average molecular weight is 337 g/mol. The van der Waals surface area contributed by atoms with Gasteiger partial charge < -0.3 is 9.67 Å². The largest absolute Gasteiger partial charge is 0.438 e. The number of hydrogen-bond acceptors (Lipinski definition) is 3. The third kappa shape index (κ3) is 2.48. The highest BCUT2D eigenvalue weighted by molar-refractivity contribution is 6.00. The first-order chi connectivity index (χ1) is 11.2. The molecule has 0 radical (unpaired) electrons. The average Bonchev–Trinajstić information content (AvgIpc) is 3.14. The van der Waals surface area contributed by atoms with Crippen LogP contribution in [0.1, 0.15) is 23.7 Å². The number of hydrazone groups is 1. The Hall–Kier alpha value is -2.61. The number of rotatable bonds is 2. The molecular weight excluding hydrogens is 323 g/mol. The van der Waals surface area contributed by atoms with E-state index < -0.39 is 24.2 Å². The summed E-state index contributed by atoms with van der Waals surface area (Å²) in [4.78, 5) is 12.7. The lowest BCUT2D eigenvalue weighted by Gasteiger charge is -2.33. The van der Waals surface area contributed by atoms with E-state index in [4.69, 9.17) is 0 Å². The van der Waals surface area contributed by atoms with Crippen LogP contribution in [0, 0.1) is 0 Å². The highest BCUT2D eigenvalue weighted by Crippen LogP contribution is 2.41. The summed E-state index contributed by atoms with van der Waals surface area (Å²) >= 11 is 0. The predicted octanol–water partition coefficient (Wildman–Crippen LogP) is 2.95. The van der Waals surface area contributed by atoms with Gasteiger partial charge >= 0.3 is 6.18 Å². The number of amides is 1. The molecule has 5 nitrogen and oxygen atoms in total. The minimum Gasteiger partial charge on any atom is -0.362 e. The van der Waals surface area contributed by atoms with Crippen LogP contribution in [-0.2, 0) is 0 Å². The lowest BCUT2D eigenvalue weighted by Crippen LogP contribution is -2.56. The van der Waals surface area contributed by atoms with Gasteiger partial charge in [0.15, 0.2) is 0 Å². The molecule has 1 amide bonds. The molecule has 0 saturated heterocycles. The molecule has 8 heteroatoms. The van der Waals surface area contributed by atoms with Crippen molar-refractivity contribution >= 4 is 11.6 Å². The topological polar surface area (TPSA) is 57.8 Å². The first kappa shape index (κ1) is 16.3. The van der Waals surface area contributed by atoms with Gasteiger partial charge in [-0.3, -0.25) is 4.79 Å². The summed E-state index contributed by atoms with van der Waals surface area (Å²) < 4.78 is 41.5. The molecule has 1 aromatic carbocycles. The van der Waals surface area contributed by atoms with Gasteiger partial charge in [0.1, 0.15) is 0 Å². The fourth-order valence-corrected chi connectivity index (χ4v) is 2.64. The molecule has 0 aliphatic carbocycles. The molecule has 2 heterocycles. The van der Waals surface area contributed by atoms with Crippen LogP contribution in [0.2, 0.25) is 0 Å². The van der Waals surface area contributed by atoms with E-state index in [0.29, 0.717) is 5.69 Å². The monoisotopic (exact) mass is 337 g/mol. The quantitative estimate of drug-likeness (QED) is 0.916. The van der Waals surface area contributed by atoms with E-state index in [1.54, 1.807) is 47.3 Å². The van der Waals surface area contributed by atoms with Crippen LogP contribution in [0.25, 0.3) is 5.69 Å². The number of aromatic nitrogens is 1. The molecule has 1 atom stereocenters. The van der Waals surface area contributed by atoms with E-state index in [2.05, 4.69) is 5.10 Å². The number of hydrogen-bond donors (Lipinski definition) is 1. The van der Waals surface area contributed by atoms with Crippen molar-refractivity contribution in [1.82, 2.24) is 9.58 Å². The van der Waals surface area contributed by atoms with E-state index >= 15 is 0 Å². The Morgan fingerprint density at radius 3 is 2.46 bits per heavy atom. The lowest BCUT2D eigenvalue weighted by molar-refractivity contribution is -0.297. The molecule has 0 fully saturated rings. The second kappa shape index (κ2) is 5.48. The molecular formula is C16H14F3N3O2. The SMILES string of the molecule is CC1=NN(C(=O)c2ccccc2-n2cccc2)[C@](O)(C(F)(F)F)C1. The summed E-state index contributed by atoms with van der Waals surface area (Å²) in [7, 11) is 0. The lowest BCUT2D eigenvalue weighted by atomic mass is 10.1. The summed E-state index contributed by atoms with van der Waals surface area (Å²) in [6, 6.07) is 9.67. The van der Waals surface area contributed by atoms with Crippen LogP contribution in [0.4, 0.5) is 13.2 Å². The van der Waals surface area contributed by atoms with E-state index in [-0.39, 0.29) is 16.3 Å². The predicted molar refractivity (Wildman–Crippen MR) is 80.7 cm³/mol. The third-order valence-electron chi connectivity index (χ3n) is 3.79. The first-order valence-electron chi connectivity index (χ1n) is 7.14. The second-order valence-electron chi connectivity index (χ2n) is 5.55. The van der Waals surface area contributed by atoms with Gasteiger partial charge in [0, 0.05) is 24.5 Å². The molecule has 1 N–H and O–H groups in total. The van der Waals surface area contributed by atoms with Crippen LogP contribution in [0.5, 0.6) is 0 Å². The van der Waals surface area contributed by atoms with Gasteiger partial charge in [0.25, 0.3) is 11.6 Å². The van der Waals surface area contributed by atoms with Gasteiger partial charge in [-0.15, -0.1) is 0 Å². The normalized spacial score (nSPS) is 21.0. The smallest absolute Gasteiger partial charge is 0.362 e. The Balaban J connectivity index is 2.07.